The molecular formula is C21H26N6O2S. The highest BCUT2D eigenvalue weighted by molar-refractivity contribution is 7.22. The molecule has 30 heavy (non-hydrogen) atoms. The number of aryl methyl sites for hydroxylation is 1. The maximum Gasteiger partial charge on any atom is 0.215 e. The van der Waals surface area contributed by atoms with E-state index in [-0.39, 0.29) is 12.2 Å². The minimum Gasteiger partial charge on any atom is -0.473 e. The fourth-order valence-corrected chi connectivity index (χ4v) is 4.84. The molecule has 0 aromatic carbocycles. The minimum absolute atomic E-state index is 0.172. The van der Waals surface area contributed by atoms with E-state index < -0.39 is 0 Å². The number of pyridine rings is 2. The monoisotopic (exact) mass is 426 g/mol. The van der Waals surface area contributed by atoms with Crippen LogP contribution in [0, 0.1) is 6.92 Å². The van der Waals surface area contributed by atoms with Crippen molar-refractivity contribution in [3.8, 4) is 5.88 Å². The van der Waals surface area contributed by atoms with Gasteiger partial charge >= 0.3 is 0 Å². The average molecular weight is 427 g/mol. The SMILES string of the molecule is Cc1cc(Nc2cc3nc(N4CCC(O)CC4)sc3cn2)nc(O[C@H]2CCNC2)c1. The lowest BCUT2D eigenvalue weighted by molar-refractivity contribution is 0.145. The van der Waals surface area contributed by atoms with Gasteiger partial charge in [0.25, 0.3) is 0 Å². The smallest absolute Gasteiger partial charge is 0.215 e. The molecule has 0 saturated carbocycles. The third-order valence-electron chi connectivity index (χ3n) is 5.50. The van der Waals surface area contributed by atoms with Crippen molar-refractivity contribution in [2.45, 2.75) is 38.4 Å². The second-order valence-corrected chi connectivity index (χ2v) is 8.99. The number of nitrogens with zero attached hydrogens (tertiary/aromatic N) is 4. The lowest BCUT2D eigenvalue weighted by atomic mass is 10.1. The van der Waals surface area contributed by atoms with Gasteiger partial charge in [0, 0.05) is 38.0 Å². The van der Waals surface area contributed by atoms with Gasteiger partial charge in [-0.15, -0.1) is 0 Å². The van der Waals surface area contributed by atoms with Gasteiger partial charge in [-0.25, -0.2) is 9.97 Å². The van der Waals surface area contributed by atoms with E-state index in [1.165, 1.54) is 0 Å². The molecular weight excluding hydrogens is 400 g/mol. The normalized spacial score (nSPS) is 20.1. The fourth-order valence-electron chi connectivity index (χ4n) is 3.87. The summed E-state index contributed by atoms with van der Waals surface area (Å²) in [4.78, 5) is 16.2. The Bertz CT molecular complexity index is 1030. The summed E-state index contributed by atoms with van der Waals surface area (Å²) in [6, 6.07) is 5.90. The Morgan fingerprint density at radius 1 is 1.17 bits per heavy atom. The van der Waals surface area contributed by atoms with Gasteiger partial charge in [0.15, 0.2) is 5.13 Å². The van der Waals surface area contributed by atoms with Crippen molar-refractivity contribution in [1.82, 2.24) is 20.3 Å². The second-order valence-electron chi connectivity index (χ2n) is 7.98. The number of piperidine rings is 1. The summed E-state index contributed by atoms with van der Waals surface area (Å²) in [5, 5.41) is 17.3. The van der Waals surface area contributed by atoms with Crippen LogP contribution in [0.15, 0.2) is 24.4 Å². The molecule has 2 fully saturated rings. The number of hydrogen-bond acceptors (Lipinski definition) is 9. The zero-order chi connectivity index (χ0) is 20.5. The summed E-state index contributed by atoms with van der Waals surface area (Å²) in [6.45, 7) is 5.56. The first-order valence-corrected chi connectivity index (χ1v) is 11.3. The highest BCUT2D eigenvalue weighted by atomic mass is 32.1. The summed E-state index contributed by atoms with van der Waals surface area (Å²) in [6.07, 6.45) is 4.43. The number of rotatable bonds is 5. The number of aromatic nitrogens is 3. The highest BCUT2D eigenvalue weighted by Gasteiger charge is 2.20. The maximum absolute atomic E-state index is 9.73. The molecule has 0 aliphatic carbocycles. The van der Waals surface area contributed by atoms with E-state index >= 15 is 0 Å². The number of hydrogen-bond donors (Lipinski definition) is 3. The summed E-state index contributed by atoms with van der Waals surface area (Å²) in [7, 11) is 0. The first kappa shape index (κ1) is 19.5. The first-order valence-electron chi connectivity index (χ1n) is 10.4. The Kier molecular flexibility index (Phi) is 5.41. The molecule has 0 amide bonds. The third kappa shape index (κ3) is 4.33. The topological polar surface area (TPSA) is 95.4 Å². The van der Waals surface area contributed by atoms with Gasteiger partial charge in [-0.2, -0.15) is 4.98 Å². The van der Waals surface area contributed by atoms with Crippen LogP contribution in [0.2, 0.25) is 0 Å². The third-order valence-corrected chi connectivity index (χ3v) is 6.57. The van der Waals surface area contributed by atoms with Crippen LogP contribution in [-0.2, 0) is 0 Å². The van der Waals surface area contributed by atoms with Crippen LogP contribution in [0.25, 0.3) is 10.2 Å². The van der Waals surface area contributed by atoms with Crippen molar-refractivity contribution in [1.29, 1.82) is 0 Å². The van der Waals surface area contributed by atoms with Crippen LogP contribution in [0.3, 0.4) is 0 Å². The van der Waals surface area contributed by atoms with Crippen molar-refractivity contribution in [3.05, 3.63) is 30.0 Å². The molecule has 5 heterocycles. The number of thiazole rings is 1. The molecule has 0 spiro atoms. The molecule has 8 nitrogen and oxygen atoms in total. The zero-order valence-electron chi connectivity index (χ0n) is 17.0. The molecule has 2 aliphatic rings. The molecule has 2 saturated heterocycles. The predicted molar refractivity (Wildman–Crippen MR) is 119 cm³/mol. The van der Waals surface area contributed by atoms with Gasteiger partial charge < -0.3 is 25.4 Å². The number of aliphatic hydroxyl groups is 1. The van der Waals surface area contributed by atoms with E-state index in [0.717, 1.165) is 66.4 Å². The number of nitrogens with one attached hydrogen (secondary N) is 2. The Morgan fingerprint density at radius 2 is 2.03 bits per heavy atom. The molecule has 0 unspecified atom stereocenters. The van der Waals surface area contributed by atoms with E-state index in [1.807, 2.05) is 31.3 Å². The Balaban J connectivity index is 1.33. The molecule has 3 aromatic heterocycles. The molecule has 3 N–H and O–H groups in total. The number of ether oxygens (including phenoxy) is 1. The average Bonchev–Trinajstić information content (AvgIpc) is 3.37. The van der Waals surface area contributed by atoms with Gasteiger partial charge in [-0.05, 0) is 44.4 Å². The lowest BCUT2D eigenvalue weighted by Crippen LogP contribution is -2.35. The molecule has 0 radical (unpaired) electrons. The molecule has 1 atom stereocenters. The van der Waals surface area contributed by atoms with E-state index in [4.69, 9.17) is 9.72 Å². The number of anilines is 3. The van der Waals surface area contributed by atoms with Crippen molar-refractivity contribution in [2.24, 2.45) is 0 Å². The van der Waals surface area contributed by atoms with Crippen LogP contribution in [0.4, 0.5) is 16.8 Å². The van der Waals surface area contributed by atoms with Crippen molar-refractivity contribution < 1.29 is 9.84 Å². The molecule has 5 rings (SSSR count). The lowest BCUT2D eigenvalue weighted by Gasteiger charge is -2.28. The largest absolute Gasteiger partial charge is 0.473 e. The van der Waals surface area contributed by atoms with E-state index in [1.54, 1.807) is 11.3 Å². The number of aliphatic hydroxyl groups excluding tert-OH is 1. The standard InChI is InChI=1S/C21H26N6O2S/c1-13-8-19(26-20(9-13)29-15-2-5-22-11-15)25-18-10-16-17(12-23-18)30-21(24-16)27-6-3-14(28)4-7-27/h8-10,12,14-15,22,28H,2-7,11H2,1H3,(H,23,25,26)/t15-/m0/s1. The molecule has 9 heteroatoms. The Labute approximate surface area is 179 Å². The van der Waals surface area contributed by atoms with Gasteiger partial charge in [0.1, 0.15) is 17.7 Å². The van der Waals surface area contributed by atoms with Crippen LogP contribution in [0.5, 0.6) is 5.88 Å². The summed E-state index contributed by atoms with van der Waals surface area (Å²) >= 11 is 1.64. The van der Waals surface area contributed by atoms with Gasteiger partial charge in [-0.3, -0.25) is 0 Å². The van der Waals surface area contributed by atoms with E-state index in [9.17, 15) is 5.11 Å². The van der Waals surface area contributed by atoms with E-state index in [0.29, 0.717) is 17.5 Å². The molecule has 3 aromatic rings. The summed E-state index contributed by atoms with van der Waals surface area (Å²) in [5.41, 5.74) is 2.00. The maximum atomic E-state index is 9.73. The quantitative estimate of drug-likeness (QED) is 0.573. The molecule has 0 bridgehead atoms. The van der Waals surface area contributed by atoms with Crippen molar-refractivity contribution >= 4 is 38.3 Å². The zero-order valence-corrected chi connectivity index (χ0v) is 17.8. The van der Waals surface area contributed by atoms with Crippen LogP contribution >= 0.6 is 11.3 Å². The van der Waals surface area contributed by atoms with Crippen molar-refractivity contribution in [3.63, 3.8) is 0 Å². The van der Waals surface area contributed by atoms with Gasteiger partial charge in [0.2, 0.25) is 5.88 Å². The Hall–Kier alpha value is -2.49. The van der Waals surface area contributed by atoms with Crippen molar-refractivity contribution in [2.75, 3.05) is 36.4 Å². The van der Waals surface area contributed by atoms with Gasteiger partial charge in [-0.1, -0.05) is 11.3 Å². The van der Waals surface area contributed by atoms with Crippen LogP contribution in [0.1, 0.15) is 24.8 Å². The summed E-state index contributed by atoms with van der Waals surface area (Å²) in [5.74, 6) is 2.05. The van der Waals surface area contributed by atoms with Gasteiger partial charge in [0.05, 0.1) is 16.3 Å². The first-order chi connectivity index (χ1) is 14.6. The van der Waals surface area contributed by atoms with Crippen LogP contribution < -0.4 is 20.3 Å². The predicted octanol–water partition coefficient (Wildman–Crippen LogP) is 2.84. The second kappa shape index (κ2) is 8.33. The highest BCUT2D eigenvalue weighted by Crippen LogP contribution is 2.31. The fraction of sp³-hybridized carbons (Fsp3) is 0.476. The Morgan fingerprint density at radius 3 is 2.83 bits per heavy atom. The molecule has 158 valence electrons. The minimum atomic E-state index is -0.186. The van der Waals surface area contributed by atoms with Crippen LogP contribution in [-0.4, -0.2) is 58.4 Å². The van der Waals surface area contributed by atoms with E-state index in [2.05, 4.69) is 25.5 Å². The molecule has 2 aliphatic heterocycles. The summed E-state index contributed by atoms with van der Waals surface area (Å²) < 4.78 is 7.07. The number of fused-ring (bicyclic) bond motifs is 1.